The summed E-state index contributed by atoms with van der Waals surface area (Å²) in [5, 5.41) is 12.8. The molecule has 3 fully saturated rings. The molecule has 3 aliphatic heterocycles. The molecule has 0 aliphatic carbocycles. The highest BCUT2D eigenvalue weighted by molar-refractivity contribution is 7.99. The van der Waals surface area contributed by atoms with Gasteiger partial charge in [0.2, 0.25) is 5.91 Å². The van der Waals surface area contributed by atoms with E-state index in [2.05, 4.69) is 21.2 Å². The van der Waals surface area contributed by atoms with Gasteiger partial charge in [-0.05, 0) is 31.4 Å². The number of nitriles is 1. The number of benzene rings is 1. The molecule has 3 aliphatic rings. The number of pyridine rings is 1. The van der Waals surface area contributed by atoms with E-state index >= 15 is 0 Å². The largest absolute Gasteiger partial charge is 0.381 e. The number of ether oxygens (including phenoxy) is 2. The molecule has 0 radical (unpaired) electrons. The van der Waals surface area contributed by atoms with Gasteiger partial charge in [-0.25, -0.2) is 4.98 Å². The Morgan fingerprint density at radius 1 is 1.29 bits per heavy atom. The van der Waals surface area contributed by atoms with Gasteiger partial charge in [0.05, 0.1) is 48.8 Å². The Hall–Kier alpha value is -2.91. The zero-order valence-corrected chi connectivity index (χ0v) is 22.7. The second-order valence-electron chi connectivity index (χ2n) is 9.93. The number of methoxy groups -OCH3 is 1. The number of anilines is 1. The maximum Gasteiger partial charge on any atom is 0.252 e. The molecule has 0 bridgehead atoms. The van der Waals surface area contributed by atoms with Gasteiger partial charge in [-0.3, -0.25) is 14.5 Å². The predicted molar refractivity (Wildman–Crippen MR) is 146 cm³/mol. The molecular formula is C27H34N6O4S. The molecule has 3 saturated heterocycles. The summed E-state index contributed by atoms with van der Waals surface area (Å²) in [6.45, 7) is 5.59. The summed E-state index contributed by atoms with van der Waals surface area (Å²) in [6.07, 6.45) is 2.23. The number of hydrogen-bond acceptors (Lipinski definition) is 9. The summed E-state index contributed by atoms with van der Waals surface area (Å²) in [7, 11) is 1.77. The Morgan fingerprint density at radius 2 is 2.11 bits per heavy atom. The average Bonchev–Trinajstić information content (AvgIpc) is 3.45. The van der Waals surface area contributed by atoms with Crippen LogP contribution in [0.15, 0.2) is 24.3 Å². The van der Waals surface area contributed by atoms with E-state index in [1.807, 2.05) is 31.2 Å². The number of thioether (sulfide) groups is 1. The quantitative estimate of drug-likeness (QED) is 0.590. The van der Waals surface area contributed by atoms with Crippen LogP contribution in [0.4, 0.5) is 5.82 Å². The standard InChI is InChI=1S/C27H34N6O4S/c1-18-4-3-5-21-22(27(35)29-14-24(34)33-17-38-16-19(33)13-28)12-23(30-26(18)21)32-10-11-37-25(15-32)31-8-6-20(36-2)7-9-31/h3-5,12,19-20,25H,6-11,14-17H2,1-2H3,(H,29,35)/t19?,25-/m1/s1. The fraction of sp³-hybridized carbons (Fsp3) is 0.556. The number of aromatic nitrogens is 1. The molecule has 0 saturated carbocycles. The Labute approximate surface area is 227 Å². The molecule has 11 heteroatoms. The number of nitrogens with zero attached hydrogens (tertiary/aromatic N) is 5. The van der Waals surface area contributed by atoms with Crippen LogP contribution in [-0.4, -0.2) is 103 Å². The van der Waals surface area contributed by atoms with Crippen molar-refractivity contribution in [1.82, 2.24) is 20.1 Å². The van der Waals surface area contributed by atoms with E-state index in [1.54, 1.807) is 18.9 Å². The lowest BCUT2D eigenvalue weighted by Crippen LogP contribution is -2.54. The van der Waals surface area contributed by atoms with Crippen molar-refractivity contribution in [2.75, 3.05) is 63.0 Å². The summed E-state index contributed by atoms with van der Waals surface area (Å²) in [6, 6.07) is 9.32. The number of nitrogens with one attached hydrogen (secondary N) is 1. The molecule has 0 spiro atoms. The van der Waals surface area contributed by atoms with Crippen molar-refractivity contribution in [2.24, 2.45) is 0 Å². The molecule has 10 nitrogen and oxygen atoms in total. The van der Waals surface area contributed by atoms with Crippen LogP contribution in [-0.2, 0) is 14.3 Å². The van der Waals surface area contributed by atoms with E-state index < -0.39 is 6.04 Å². The predicted octanol–water partition coefficient (Wildman–Crippen LogP) is 1.97. The fourth-order valence-corrected chi connectivity index (χ4v) is 6.44. The van der Waals surface area contributed by atoms with Gasteiger partial charge in [0.15, 0.2) is 0 Å². The van der Waals surface area contributed by atoms with Gasteiger partial charge in [0, 0.05) is 37.9 Å². The van der Waals surface area contributed by atoms with Crippen molar-refractivity contribution in [1.29, 1.82) is 5.26 Å². The first-order chi connectivity index (χ1) is 18.5. The zero-order chi connectivity index (χ0) is 26.6. The number of carbonyl (C=O) groups excluding carboxylic acids is 2. The molecule has 202 valence electrons. The van der Waals surface area contributed by atoms with E-state index in [1.165, 1.54) is 4.90 Å². The maximum absolute atomic E-state index is 13.4. The first-order valence-corrected chi connectivity index (χ1v) is 14.2. The lowest BCUT2D eigenvalue weighted by Gasteiger charge is -2.42. The zero-order valence-electron chi connectivity index (χ0n) is 21.9. The van der Waals surface area contributed by atoms with Gasteiger partial charge >= 0.3 is 0 Å². The third-order valence-corrected chi connectivity index (χ3v) is 8.63. The highest BCUT2D eigenvalue weighted by Gasteiger charge is 2.32. The Balaban J connectivity index is 1.35. The minimum absolute atomic E-state index is 0.0442. The monoisotopic (exact) mass is 538 g/mol. The number of para-hydroxylation sites is 1. The van der Waals surface area contributed by atoms with Crippen molar-refractivity contribution >= 4 is 40.3 Å². The third-order valence-electron chi connectivity index (χ3n) is 7.61. The van der Waals surface area contributed by atoms with Crippen LogP contribution in [0, 0.1) is 18.3 Å². The van der Waals surface area contributed by atoms with Crippen molar-refractivity contribution in [3.8, 4) is 6.07 Å². The molecule has 38 heavy (non-hydrogen) atoms. The van der Waals surface area contributed by atoms with E-state index in [0.717, 1.165) is 48.2 Å². The maximum atomic E-state index is 13.4. The van der Waals surface area contributed by atoms with Crippen LogP contribution < -0.4 is 10.2 Å². The average molecular weight is 539 g/mol. The molecule has 2 aromatic rings. The van der Waals surface area contributed by atoms with Crippen LogP contribution in [0.1, 0.15) is 28.8 Å². The van der Waals surface area contributed by atoms with Gasteiger partial charge in [0.25, 0.3) is 5.91 Å². The SMILES string of the molecule is COC1CCN([C@H]2CN(c3cc(C(=O)NCC(=O)N4CSCC4C#N)c4cccc(C)c4n3)CCO2)CC1. The number of fused-ring (bicyclic) bond motifs is 1. The van der Waals surface area contributed by atoms with Gasteiger partial charge in [0.1, 0.15) is 18.1 Å². The third kappa shape index (κ3) is 5.59. The van der Waals surface area contributed by atoms with Crippen molar-refractivity contribution in [3.05, 3.63) is 35.4 Å². The number of rotatable bonds is 6. The topological polar surface area (TPSA) is 111 Å². The summed E-state index contributed by atoms with van der Waals surface area (Å²) < 4.78 is 11.6. The van der Waals surface area contributed by atoms with Crippen LogP contribution in [0.3, 0.4) is 0 Å². The van der Waals surface area contributed by atoms with Crippen LogP contribution >= 0.6 is 11.8 Å². The number of piperidine rings is 1. The summed E-state index contributed by atoms with van der Waals surface area (Å²) in [4.78, 5) is 37.1. The van der Waals surface area contributed by atoms with Crippen molar-refractivity contribution in [3.63, 3.8) is 0 Å². The normalized spacial score (nSPS) is 23.0. The molecular weight excluding hydrogens is 504 g/mol. The molecule has 1 N–H and O–H groups in total. The van der Waals surface area contributed by atoms with E-state index in [4.69, 9.17) is 14.5 Å². The van der Waals surface area contributed by atoms with Gasteiger partial charge in [-0.2, -0.15) is 5.26 Å². The van der Waals surface area contributed by atoms with Crippen molar-refractivity contribution < 1.29 is 19.1 Å². The lowest BCUT2D eigenvalue weighted by atomic mass is 10.0. The summed E-state index contributed by atoms with van der Waals surface area (Å²) >= 11 is 1.54. The number of likely N-dealkylation sites (tertiary alicyclic amines) is 1. The second kappa shape index (κ2) is 11.9. The van der Waals surface area contributed by atoms with Crippen LogP contribution in [0.5, 0.6) is 0 Å². The van der Waals surface area contributed by atoms with E-state index in [9.17, 15) is 14.9 Å². The molecule has 2 amide bonds. The number of aryl methyl sites for hydroxylation is 1. The first-order valence-electron chi connectivity index (χ1n) is 13.1. The number of amides is 2. The smallest absolute Gasteiger partial charge is 0.252 e. The highest BCUT2D eigenvalue weighted by Crippen LogP contribution is 2.28. The Bertz CT molecular complexity index is 1230. The van der Waals surface area contributed by atoms with Crippen LogP contribution in [0.2, 0.25) is 0 Å². The van der Waals surface area contributed by atoms with E-state index in [0.29, 0.717) is 43.0 Å². The van der Waals surface area contributed by atoms with E-state index in [-0.39, 0.29) is 24.6 Å². The molecule has 2 atom stereocenters. The first kappa shape index (κ1) is 26.7. The Kier molecular flexibility index (Phi) is 8.33. The molecule has 1 unspecified atom stereocenters. The highest BCUT2D eigenvalue weighted by atomic mass is 32.2. The van der Waals surface area contributed by atoms with Crippen LogP contribution in [0.25, 0.3) is 10.9 Å². The number of carbonyl (C=O) groups is 2. The van der Waals surface area contributed by atoms with Gasteiger partial charge in [-0.15, -0.1) is 11.8 Å². The fourth-order valence-electron chi connectivity index (χ4n) is 5.34. The summed E-state index contributed by atoms with van der Waals surface area (Å²) in [5.74, 6) is 1.21. The minimum Gasteiger partial charge on any atom is -0.381 e. The number of morpholine rings is 1. The molecule has 1 aromatic carbocycles. The number of hydrogen-bond donors (Lipinski definition) is 1. The molecule has 5 rings (SSSR count). The Morgan fingerprint density at radius 3 is 2.87 bits per heavy atom. The van der Waals surface area contributed by atoms with Gasteiger partial charge in [-0.1, -0.05) is 18.2 Å². The summed E-state index contributed by atoms with van der Waals surface area (Å²) in [5.41, 5.74) is 2.23. The minimum atomic E-state index is -0.449. The molecule has 1 aromatic heterocycles. The van der Waals surface area contributed by atoms with Crippen molar-refractivity contribution in [2.45, 2.75) is 38.1 Å². The van der Waals surface area contributed by atoms with Gasteiger partial charge < -0.3 is 24.6 Å². The molecule has 4 heterocycles. The second-order valence-corrected chi connectivity index (χ2v) is 10.9. The lowest BCUT2D eigenvalue weighted by molar-refractivity contribution is -0.129.